The second-order valence-electron chi connectivity index (χ2n) is 10.6. The normalized spacial score (nSPS) is 20.5. The predicted molar refractivity (Wildman–Crippen MR) is 148 cm³/mol. The van der Waals surface area contributed by atoms with Gasteiger partial charge in [0.2, 0.25) is 0 Å². The minimum atomic E-state index is -0.623. The van der Waals surface area contributed by atoms with E-state index in [2.05, 4.69) is 19.9 Å². The van der Waals surface area contributed by atoms with Crippen LogP contribution in [-0.2, 0) is 11.8 Å². The Labute approximate surface area is 231 Å². The molecule has 1 aliphatic heterocycles. The van der Waals surface area contributed by atoms with Gasteiger partial charge >= 0.3 is 6.09 Å². The van der Waals surface area contributed by atoms with Crippen LogP contribution in [0.25, 0.3) is 22.1 Å². The van der Waals surface area contributed by atoms with E-state index in [1.807, 2.05) is 54.9 Å². The van der Waals surface area contributed by atoms with Crippen molar-refractivity contribution in [1.29, 1.82) is 0 Å². The Kier molecular flexibility index (Phi) is 6.54. The van der Waals surface area contributed by atoms with E-state index >= 15 is 0 Å². The molecule has 1 amide bonds. The van der Waals surface area contributed by atoms with Crippen molar-refractivity contribution >= 4 is 29.3 Å². The molecule has 0 bridgehead atoms. The van der Waals surface area contributed by atoms with Crippen molar-refractivity contribution in [2.24, 2.45) is 12.2 Å². The van der Waals surface area contributed by atoms with E-state index in [4.69, 9.17) is 21.3 Å². The van der Waals surface area contributed by atoms with Crippen LogP contribution in [0.1, 0.15) is 59.9 Å². The highest BCUT2D eigenvalue weighted by atomic mass is 35.5. The molecule has 2 atom stereocenters. The second kappa shape index (κ2) is 10.0. The van der Waals surface area contributed by atoms with Crippen LogP contribution < -0.4 is 0 Å². The molecule has 3 heterocycles. The van der Waals surface area contributed by atoms with Gasteiger partial charge in [-0.1, -0.05) is 28.8 Å². The van der Waals surface area contributed by atoms with Gasteiger partial charge in [-0.2, -0.15) is 0 Å². The number of benzene rings is 1. The van der Waals surface area contributed by atoms with Crippen molar-refractivity contribution in [3.63, 3.8) is 0 Å². The van der Waals surface area contributed by atoms with Crippen LogP contribution in [0.15, 0.2) is 54.2 Å². The number of azide groups is 1. The zero-order valence-electron chi connectivity index (χ0n) is 21.9. The number of hydrogen-bond acceptors (Lipinski definition) is 6. The lowest BCUT2D eigenvalue weighted by Crippen LogP contribution is -2.50. The summed E-state index contributed by atoms with van der Waals surface area (Å²) in [7, 11) is 1.88. The molecule has 10 nitrogen and oxygen atoms in total. The van der Waals surface area contributed by atoms with Crippen LogP contribution in [0, 0.1) is 0 Å². The highest BCUT2D eigenvalue weighted by Crippen LogP contribution is 2.45. The molecule has 11 heteroatoms. The lowest BCUT2D eigenvalue weighted by Gasteiger charge is -2.39. The molecule has 6 rings (SSSR count). The van der Waals surface area contributed by atoms with Crippen LogP contribution in [0.3, 0.4) is 0 Å². The number of nitrogens with zero attached hydrogens (tertiary/aromatic N) is 8. The average Bonchev–Trinajstić information content (AvgIpc) is 3.54. The maximum Gasteiger partial charge on any atom is 0.410 e. The second-order valence-corrected chi connectivity index (χ2v) is 11.0. The summed E-state index contributed by atoms with van der Waals surface area (Å²) in [6.45, 7) is 4.42. The molecule has 3 aliphatic rings. The number of carbonyl (C=O) groups is 1. The first kappa shape index (κ1) is 25.4. The van der Waals surface area contributed by atoms with Gasteiger partial charge in [-0.15, -0.1) is 0 Å². The van der Waals surface area contributed by atoms with Crippen molar-refractivity contribution in [2.45, 2.75) is 37.5 Å². The van der Waals surface area contributed by atoms with Gasteiger partial charge < -0.3 is 14.2 Å². The topological polar surface area (TPSA) is 112 Å². The standard InChI is InChI=1S/C28H29ClN8O2/c1-28(7-8-28)39-27(38)37-12-10-36(11-13-37)26-20-6-5-19(29)15-21(20)22(14-18-4-3-9-32-24(18)26)25(33-34-30)23-16-31-17-35(23)2/h3-6,9,14-17,25-26H,7-8,10-13H2,1-2H3/t25?,26-/m0/s1. The number of aromatic nitrogens is 3. The van der Waals surface area contributed by atoms with E-state index in [-0.39, 0.29) is 17.7 Å². The summed E-state index contributed by atoms with van der Waals surface area (Å²) in [6.07, 6.45) is 8.87. The van der Waals surface area contributed by atoms with Crippen molar-refractivity contribution in [3.05, 3.63) is 92.6 Å². The molecular formula is C28H29ClN8O2. The predicted octanol–water partition coefficient (Wildman–Crippen LogP) is 5.77. The smallest absolute Gasteiger partial charge is 0.410 e. The number of ether oxygens (including phenoxy) is 1. The number of halogens is 1. The minimum absolute atomic E-state index is 0.181. The van der Waals surface area contributed by atoms with E-state index in [0.717, 1.165) is 46.5 Å². The molecular weight excluding hydrogens is 516 g/mol. The van der Waals surface area contributed by atoms with E-state index in [1.54, 1.807) is 23.6 Å². The molecule has 0 spiro atoms. The fraction of sp³-hybridized carbons (Fsp3) is 0.393. The Morgan fingerprint density at radius 2 is 2.05 bits per heavy atom. The van der Waals surface area contributed by atoms with Gasteiger partial charge in [0.05, 0.1) is 23.8 Å². The number of amides is 1. The first-order valence-electron chi connectivity index (χ1n) is 13.1. The number of aryl methyl sites for hydroxylation is 1. The average molecular weight is 545 g/mol. The Bertz CT molecular complexity index is 1500. The molecule has 2 aliphatic carbocycles. The molecule has 0 radical (unpaired) electrons. The van der Waals surface area contributed by atoms with Crippen molar-refractivity contribution < 1.29 is 9.53 Å². The fourth-order valence-corrected chi connectivity index (χ4v) is 5.64. The van der Waals surface area contributed by atoms with Gasteiger partial charge in [-0.05, 0) is 71.8 Å². The van der Waals surface area contributed by atoms with Crippen molar-refractivity contribution in [1.82, 2.24) is 24.3 Å². The third-order valence-corrected chi connectivity index (χ3v) is 8.12. The Morgan fingerprint density at radius 1 is 1.26 bits per heavy atom. The van der Waals surface area contributed by atoms with E-state index < -0.39 is 6.04 Å². The summed E-state index contributed by atoms with van der Waals surface area (Å²) in [5, 5.41) is 4.80. The van der Waals surface area contributed by atoms with Gasteiger partial charge in [0.1, 0.15) is 11.6 Å². The summed E-state index contributed by atoms with van der Waals surface area (Å²) in [6, 6.07) is 8.98. The van der Waals surface area contributed by atoms with Crippen LogP contribution in [0.5, 0.6) is 0 Å². The number of piperazine rings is 1. The quantitative estimate of drug-likeness (QED) is 0.230. The van der Waals surface area contributed by atoms with Gasteiger partial charge in [-0.3, -0.25) is 9.88 Å². The monoisotopic (exact) mass is 544 g/mol. The summed E-state index contributed by atoms with van der Waals surface area (Å²) >= 11 is 6.55. The zero-order chi connectivity index (χ0) is 27.1. The number of hydrogen-bond donors (Lipinski definition) is 0. The van der Waals surface area contributed by atoms with Gasteiger partial charge in [0.15, 0.2) is 0 Å². The molecule has 1 saturated carbocycles. The molecule has 0 N–H and O–H groups in total. The first-order valence-corrected chi connectivity index (χ1v) is 13.4. The van der Waals surface area contributed by atoms with Gasteiger partial charge in [0.25, 0.3) is 0 Å². The number of carbonyl (C=O) groups excluding carboxylic acids is 1. The molecule has 1 unspecified atom stereocenters. The Morgan fingerprint density at radius 3 is 2.74 bits per heavy atom. The minimum Gasteiger partial charge on any atom is -0.443 e. The van der Waals surface area contributed by atoms with Crippen LogP contribution in [-0.4, -0.2) is 62.2 Å². The van der Waals surface area contributed by atoms with E-state index in [9.17, 15) is 10.3 Å². The molecule has 2 fully saturated rings. The SMILES string of the molecule is Cn1cncc1C(N=[N+]=[N-])C1=Cc2cccnc2[C@@H](N2CCN(C(=O)OC3(C)CC3)CC2)c2ccc(Cl)cc21. The van der Waals surface area contributed by atoms with E-state index in [0.29, 0.717) is 31.2 Å². The lowest BCUT2D eigenvalue weighted by molar-refractivity contribution is 0.0380. The molecule has 39 heavy (non-hydrogen) atoms. The van der Waals surface area contributed by atoms with E-state index in [1.165, 1.54) is 0 Å². The van der Waals surface area contributed by atoms with Crippen molar-refractivity contribution in [2.75, 3.05) is 26.2 Å². The third-order valence-electron chi connectivity index (χ3n) is 7.88. The largest absolute Gasteiger partial charge is 0.443 e. The molecule has 2 aromatic heterocycles. The summed E-state index contributed by atoms with van der Waals surface area (Å²) in [5.74, 6) is 0. The highest BCUT2D eigenvalue weighted by Gasteiger charge is 2.43. The third kappa shape index (κ3) is 4.87. The summed E-state index contributed by atoms with van der Waals surface area (Å²) in [4.78, 5) is 29.2. The molecule has 1 aromatic carbocycles. The maximum atomic E-state index is 12.7. The fourth-order valence-electron chi connectivity index (χ4n) is 5.47. The highest BCUT2D eigenvalue weighted by molar-refractivity contribution is 6.30. The van der Waals surface area contributed by atoms with Gasteiger partial charge in [-0.25, -0.2) is 9.78 Å². The Balaban J connectivity index is 1.40. The lowest BCUT2D eigenvalue weighted by atomic mass is 9.90. The maximum absolute atomic E-state index is 12.7. The summed E-state index contributed by atoms with van der Waals surface area (Å²) < 4.78 is 7.57. The van der Waals surface area contributed by atoms with Gasteiger partial charge in [0, 0.05) is 55.6 Å². The first-order chi connectivity index (χ1) is 18.9. The zero-order valence-corrected chi connectivity index (χ0v) is 22.6. The molecule has 200 valence electrons. The number of pyridine rings is 1. The Hall–Kier alpha value is -3.85. The molecule has 1 saturated heterocycles. The summed E-state index contributed by atoms with van der Waals surface area (Å²) in [5.41, 5.74) is 14.6. The van der Waals surface area contributed by atoms with Crippen LogP contribution in [0.2, 0.25) is 5.02 Å². The van der Waals surface area contributed by atoms with Crippen LogP contribution >= 0.6 is 11.6 Å². The number of rotatable bonds is 5. The number of imidazole rings is 1. The van der Waals surface area contributed by atoms with Crippen molar-refractivity contribution in [3.8, 4) is 0 Å². The molecule has 3 aromatic rings. The van der Waals surface area contributed by atoms with Crippen LogP contribution in [0.4, 0.5) is 4.79 Å². The number of fused-ring (bicyclic) bond motifs is 2.